The van der Waals surface area contributed by atoms with Gasteiger partial charge in [-0.15, -0.1) is 0 Å². The van der Waals surface area contributed by atoms with E-state index >= 15 is 0 Å². The zero-order chi connectivity index (χ0) is 15.2. The first kappa shape index (κ1) is 17.0. The fourth-order valence-corrected chi connectivity index (χ4v) is 1.80. The van der Waals surface area contributed by atoms with Gasteiger partial charge in [-0.3, -0.25) is 0 Å². The van der Waals surface area contributed by atoms with E-state index in [1.165, 1.54) is 0 Å². The summed E-state index contributed by atoms with van der Waals surface area (Å²) in [5.74, 6) is 0. The van der Waals surface area contributed by atoms with Crippen molar-refractivity contribution in [3.8, 4) is 0 Å². The van der Waals surface area contributed by atoms with E-state index < -0.39 is 12.6 Å². The third-order valence-electron chi connectivity index (χ3n) is 2.83. The minimum Gasteiger partial charge on any atom is -0.372 e. The molecule has 114 valence electrons. The Hall–Kier alpha value is -1.07. The van der Waals surface area contributed by atoms with Crippen molar-refractivity contribution in [2.24, 2.45) is 0 Å². The van der Waals surface area contributed by atoms with Crippen molar-refractivity contribution in [2.75, 3.05) is 13.2 Å². The zero-order valence-electron chi connectivity index (χ0n) is 12.1. The Morgan fingerprint density at radius 3 is 2.50 bits per heavy atom. The summed E-state index contributed by atoms with van der Waals surface area (Å²) >= 11 is 0. The Bertz CT molecular complexity index is 404. The third kappa shape index (κ3) is 6.91. The SMILES string of the molecule is Cc1cccc(C(CNC(C)C)OCCC(F)(F)F)c1. The molecule has 1 atom stereocenters. The Morgan fingerprint density at radius 2 is 1.95 bits per heavy atom. The molecule has 1 aromatic carbocycles. The smallest absolute Gasteiger partial charge is 0.372 e. The molecule has 0 heterocycles. The van der Waals surface area contributed by atoms with Gasteiger partial charge in [0.05, 0.1) is 19.1 Å². The fraction of sp³-hybridized carbons (Fsp3) is 0.600. The largest absolute Gasteiger partial charge is 0.391 e. The van der Waals surface area contributed by atoms with Crippen LogP contribution >= 0.6 is 0 Å². The first-order chi connectivity index (χ1) is 9.28. The predicted molar refractivity (Wildman–Crippen MR) is 73.7 cm³/mol. The lowest BCUT2D eigenvalue weighted by Crippen LogP contribution is -2.29. The number of hydrogen-bond acceptors (Lipinski definition) is 2. The van der Waals surface area contributed by atoms with Crippen molar-refractivity contribution in [1.82, 2.24) is 5.32 Å². The van der Waals surface area contributed by atoms with Crippen molar-refractivity contribution in [3.63, 3.8) is 0 Å². The van der Waals surface area contributed by atoms with E-state index in [0.29, 0.717) is 6.54 Å². The highest BCUT2D eigenvalue weighted by Gasteiger charge is 2.27. The van der Waals surface area contributed by atoms with Crippen molar-refractivity contribution in [3.05, 3.63) is 35.4 Å². The lowest BCUT2D eigenvalue weighted by atomic mass is 10.1. The molecule has 1 aromatic rings. The van der Waals surface area contributed by atoms with E-state index in [4.69, 9.17) is 4.74 Å². The molecule has 0 radical (unpaired) electrons. The number of benzene rings is 1. The molecule has 0 saturated carbocycles. The van der Waals surface area contributed by atoms with E-state index in [9.17, 15) is 13.2 Å². The molecule has 0 aliphatic rings. The van der Waals surface area contributed by atoms with Crippen LogP contribution in [0.4, 0.5) is 13.2 Å². The highest BCUT2D eigenvalue weighted by atomic mass is 19.4. The number of aryl methyl sites for hydroxylation is 1. The molecule has 0 amide bonds. The van der Waals surface area contributed by atoms with Gasteiger partial charge in [-0.2, -0.15) is 13.2 Å². The molecule has 1 N–H and O–H groups in total. The summed E-state index contributed by atoms with van der Waals surface area (Å²) in [6.45, 7) is 6.11. The second-order valence-corrected chi connectivity index (χ2v) is 5.20. The molecular weight excluding hydrogens is 267 g/mol. The van der Waals surface area contributed by atoms with E-state index in [-0.39, 0.29) is 18.8 Å². The molecule has 0 aliphatic heterocycles. The zero-order valence-corrected chi connectivity index (χ0v) is 12.1. The van der Waals surface area contributed by atoms with Crippen molar-refractivity contribution in [2.45, 2.75) is 45.5 Å². The van der Waals surface area contributed by atoms with Gasteiger partial charge in [-0.25, -0.2) is 0 Å². The monoisotopic (exact) mass is 289 g/mol. The molecule has 0 saturated heterocycles. The Kier molecular flexibility index (Phi) is 6.49. The van der Waals surface area contributed by atoms with Crippen LogP contribution in [-0.2, 0) is 4.74 Å². The summed E-state index contributed by atoms with van der Waals surface area (Å²) in [6.07, 6.45) is -5.46. The van der Waals surface area contributed by atoms with Crippen LogP contribution in [-0.4, -0.2) is 25.4 Å². The number of alkyl halides is 3. The van der Waals surface area contributed by atoms with E-state index in [0.717, 1.165) is 11.1 Å². The van der Waals surface area contributed by atoms with Gasteiger partial charge in [0.15, 0.2) is 0 Å². The van der Waals surface area contributed by atoms with Crippen LogP contribution < -0.4 is 5.32 Å². The van der Waals surface area contributed by atoms with Crippen LogP contribution in [0.5, 0.6) is 0 Å². The first-order valence-corrected chi connectivity index (χ1v) is 6.76. The topological polar surface area (TPSA) is 21.3 Å². The summed E-state index contributed by atoms with van der Waals surface area (Å²) in [6, 6.07) is 7.92. The number of halogens is 3. The summed E-state index contributed by atoms with van der Waals surface area (Å²) < 4.78 is 42.0. The molecule has 5 heteroatoms. The first-order valence-electron chi connectivity index (χ1n) is 6.76. The van der Waals surface area contributed by atoms with Gasteiger partial charge < -0.3 is 10.1 Å². The van der Waals surface area contributed by atoms with Crippen LogP contribution in [0.1, 0.15) is 37.5 Å². The predicted octanol–water partition coefficient (Wildman–Crippen LogP) is 4.00. The molecule has 1 unspecified atom stereocenters. The summed E-state index contributed by atoms with van der Waals surface area (Å²) in [5.41, 5.74) is 1.97. The van der Waals surface area contributed by atoms with E-state index in [1.54, 1.807) is 0 Å². The molecule has 0 fully saturated rings. The van der Waals surface area contributed by atoms with Gasteiger partial charge in [0.25, 0.3) is 0 Å². The number of nitrogens with one attached hydrogen (secondary N) is 1. The second-order valence-electron chi connectivity index (χ2n) is 5.20. The highest BCUT2D eigenvalue weighted by Crippen LogP contribution is 2.23. The molecular formula is C15H22F3NO. The maximum atomic E-state index is 12.2. The molecule has 2 nitrogen and oxygen atoms in total. The van der Waals surface area contributed by atoms with E-state index in [1.807, 2.05) is 45.0 Å². The van der Waals surface area contributed by atoms with Crippen LogP contribution in [0.15, 0.2) is 24.3 Å². The molecule has 0 bridgehead atoms. The molecule has 0 aliphatic carbocycles. The Labute approximate surface area is 118 Å². The Balaban J connectivity index is 2.65. The minimum atomic E-state index is -4.18. The summed E-state index contributed by atoms with van der Waals surface area (Å²) in [4.78, 5) is 0. The van der Waals surface area contributed by atoms with Gasteiger partial charge in [0.2, 0.25) is 0 Å². The molecule has 0 spiro atoms. The third-order valence-corrected chi connectivity index (χ3v) is 2.83. The number of hydrogen-bond donors (Lipinski definition) is 1. The highest BCUT2D eigenvalue weighted by molar-refractivity contribution is 5.24. The van der Waals surface area contributed by atoms with Crippen molar-refractivity contribution in [1.29, 1.82) is 0 Å². The van der Waals surface area contributed by atoms with Crippen LogP contribution in [0.2, 0.25) is 0 Å². The van der Waals surface area contributed by atoms with Gasteiger partial charge in [0.1, 0.15) is 0 Å². The van der Waals surface area contributed by atoms with Crippen LogP contribution in [0.3, 0.4) is 0 Å². The van der Waals surface area contributed by atoms with Crippen LogP contribution in [0.25, 0.3) is 0 Å². The second kappa shape index (κ2) is 7.64. The number of rotatable bonds is 7. The number of ether oxygens (including phenoxy) is 1. The van der Waals surface area contributed by atoms with Gasteiger partial charge in [-0.1, -0.05) is 43.7 Å². The maximum absolute atomic E-state index is 12.2. The average Bonchev–Trinajstić information content (AvgIpc) is 2.31. The van der Waals surface area contributed by atoms with Crippen molar-refractivity contribution < 1.29 is 17.9 Å². The lowest BCUT2D eigenvalue weighted by Gasteiger charge is -2.21. The van der Waals surface area contributed by atoms with Gasteiger partial charge in [-0.05, 0) is 12.5 Å². The standard InChI is InChI=1S/C15H22F3NO/c1-11(2)19-10-14(20-8-7-15(16,17)18)13-6-4-5-12(3)9-13/h4-6,9,11,14,19H,7-8,10H2,1-3H3. The van der Waals surface area contributed by atoms with Crippen LogP contribution in [0, 0.1) is 6.92 Å². The molecule has 0 aromatic heterocycles. The quantitative estimate of drug-likeness (QED) is 0.819. The summed E-state index contributed by atoms with van der Waals surface area (Å²) in [7, 11) is 0. The van der Waals surface area contributed by atoms with E-state index in [2.05, 4.69) is 5.32 Å². The maximum Gasteiger partial charge on any atom is 0.391 e. The summed E-state index contributed by atoms with van der Waals surface area (Å²) in [5, 5.41) is 3.20. The fourth-order valence-electron chi connectivity index (χ4n) is 1.80. The normalized spacial score (nSPS) is 13.8. The van der Waals surface area contributed by atoms with Gasteiger partial charge >= 0.3 is 6.18 Å². The average molecular weight is 289 g/mol. The molecule has 20 heavy (non-hydrogen) atoms. The molecule has 1 rings (SSSR count). The minimum absolute atomic E-state index is 0.258. The van der Waals surface area contributed by atoms with Gasteiger partial charge in [0, 0.05) is 12.6 Å². The van der Waals surface area contributed by atoms with Crippen molar-refractivity contribution >= 4 is 0 Å². The Morgan fingerprint density at radius 1 is 1.25 bits per heavy atom. The lowest BCUT2D eigenvalue weighted by molar-refractivity contribution is -0.149.